The van der Waals surface area contributed by atoms with Crippen LogP contribution in [0.1, 0.15) is 106 Å². The number of nitrogens with zero attached hydrogens (tertiary/aromatic N) is 3. The minimum absolute atomic E-state index is 0.111. The molecule has 232 valence electrons. The van der Waals surface area contributed by atoms with Gasteiger partial charge < -0.3 is 10.0 Å². The fourth-order valence-electron chi connectivity index (χ4n) is 6.70. The highest BCUT2D eigenvalue weighted by Crippen LogP contribution is 2.33. The quantitative estimate of drug-likeness (QED) is 0.157. The molecule has 0 aliphatic heterocycles. The number of amides is 1. The molecule has 0 unspecified atom stereocenters. The predicted molar refractivity (Wildman–Crippen MR) is 180 cm³/mol. The summed E-state index contributed by atoms with van der Waals surface area (Å²) in [5.74, 6) is 0.459. The third-order valence-corrected chi connectivity index (χ3v) is 9.14. The van der Waals surface area contributed by atoms with Crippen LogP contribution in [0.15, 0.2) is 60.7 Å². The lowest BCUT2D eigenvalue weighted by Crippen LogP contribution is -2.37. The number of benzene rings is 3. The van der Waals surface area contributed by atoms with Crippen LogP contribution in [-0.2, 0) is 11.2 Å². The molecule has 3 aromatic carbocycles. The summed E-state index contributed by atoms with van der Waals surface area (Å²) in [7, 11) is 0. The number of unbranched alkanes of at least 4 members (excludes halogenated alkanes) is 4. The van der Waals surface area contributed by atoms with E-state index < -0.39 is 5.97 Å². The van der Waals surface area contributed by atoms with Gasteiger partial charge in [-0.2, -0.15) is 0 Å². The Bertz CT molecular complexity index is 1600. The molecule has 0 spiro atoms. The Morgan fingerprint density at radius 1 is 0.886 bits per heavy atom. The number of carbonyl (C=O) groups excluding carboxylic acids is 1. The number of anilines is 1. The van der Waals surface area contributed by atoms with Gasteiger partial charge >= 0.3 is 5.97 Å². The summed E-state index contributed by atoms with van der Waals surface area (Å²) in [6.45, 7) is 7.19. The molecule has 4 aromatic rings. The zero-order valence-electron chi connectivity index (χ0n) is 26.6. The Morgan fingerprint density at radius 2 is 1.66 bits per heavy atom. The molecule has 5 rings (SSSR count). The highest BCUT2D eigenvalue weighted by Gasteiger charge is 2.27. The summed E-state index contributed by atoms with van der Waals surface area (Å²) in [6.07, 6.45) is 12.9. The minimum atomic E-state index is -0.930. The number of carboxylic acid groups (broad SMARTS) is 1. The van der Waals surface area contributed by atoms with Crippen LogP contribution in [0.5, 0.6) is 0 Å². The Balaban J connectivity index is 1.58. The molecule has 1 aliphatic carbocycles. The third-order valence-electron chi connectivity index (χ3n) is 9.14. The fraction of sp³-hybridized carbons (Fsp3) is 0.447. The molecular weight excluding hydrogens is 546 g/mol. The van der Waals surface area contributed by atoms with E-state index in [2.05, 4.69) is 53.6 Å². The van der Waals surface area contributed by atoms with Crippen LogP contribution in [-0.4, -0.2) is 33.1 Å². The predicted octanol–water partition coefficient (Wildman–Crippen LogP) is 9.54. The first kappa shape index (κ1) is 31.5. The van der Waals surface area contributed by atoms with Gasteiger partial charge in [-0.15, -0.1) is 0 Å². The molecule has 1 saturated carbocycles. The zero-order valence-corrected chi connectivity index (χ0v) is 26.6. The first-order valence-corrected chi connectivity index (χ1v) is 16.7. The summed E-state index contributed by atoms with van der Waals surface area (Å²) in [6, 6.07) is 19.7. The van der Waals surface area contributed by atoms with Gasteiger partial charge in [-0.1, -0.05) is 83.1 Å². The number of hydrogen-bond donors (Lipinski definition) is 1. The van der Waals surface area contributed by atoms with Crippen LogP contribution in [0.25, 0.3) is 27.8 Å². The van der Waals surface area contributed by atoms with E-state index in [-0.39, 0.29) is 11.8 Å². The molecule has 1 N–H and O–H groups in total. The van der Waals surface area contributed by atoms with Crippen molar-refractivity contribution >= 4 is 28.6 Å². The SMILES string of the molecule is CCCCCCN(C(=O)C1CCCCC1)c1ccc2nc(CCCC)n(-c3ccc(-c4ccccc4C(=O)O)c(C)c3)c2c1. The molecule has 6 nitrogen and oxygen atoms in total. The third kappa shape index (κ3) is 6.90. The van der Waals surface area contributed by atoms with Gasteiger partial charge in [0.05, 0.1) is 16.6 Å². The van der Waals surface area contributed by atoms with Crippen LogP contribution < -0.4 is 4.90 Å². The second-order valence-electron chi connectivity index (χ2n) is 12.4. The number of aryl methyl sites for hydroxylation is 2. The molecule has 6 heteroatoms. The fourth-order valence-corrected chi connectivity index (χ4v) is 6.70. The van der Waals surface area contributed by atoms with Crippen LogP contribution in [0.2, 0.25) is 0 Å². The molecule has 44 heavy (non-hydrogen) atoms. The maximum absolute atomic E-state index is 14.0. The van der Waals surface area contributed by atoms with Gasteiger partial charge in [-0.3, -0.25) is 9.36 Å². The maximum atomic E-state index is 14.0. The number of carbonyl (C=O) groups is 2. The summed E-state index contributed by atoms with van der Waals surface area (Å²) in [4.78, 5) is 33.0. The second kappa shape index (κ2) is 14.7. The van der Waals surface area contributed by atoms with Gasteiger partial charge in [0.1, 0.15) is 5.82 Å². The van der Waals surface area contributed by atoms with E-state index in [1.54, 1.807) is 12.1 Å². The Kier molecular flexibility index (Phi) is 10.5. The maximum Gasteiger partial charge on any atom is 0.336 e. The lowest BCUT2D eigenvalue weighted by atomic mass is 9.88. The van der Waals surface area contributed by atoms with E-state index in [0.717, 1.165) is 104 Å². The topological polar surface area (TPSA) is 75.4 Å². The Morgan fingerprint density at radius 3 is 2.39 bits per heavy atom. The number of fused-ring (bicyclic) bond motifs is 1. The van der Waals surface area contributed by atoms with Crippen molar-refractivity contribution in [3.63, 3.8) is 0 Å². The molecule has 1 aromatic heterocycles. The number of hydrogen-bond acceptors (Lipinski definition) is 3. The first-order chi connectivity index (χ1) is 21.4. The van der Waals surface area contributed by atoms with Gasteiger partial charge in [0.15, 0.2) is 0 Å². The van der Waals surface area contributed by atoms with Crippen LogP contribution in [0.4, 0.5) is 5.69 Å². The van der Waals surface area contributed by atoms with E-state index in [0.29, 0.717) is 11.1 Å². The average Bonchev–Trinajstić information content (AvgIpc) is 3.41. The number of aromatic nitrogens is 2. The molecule has 1 aliphatic rings. The molecule has 1 amide bonds. The molecule has 0 bridgehead atoms. The average molecular weight is 594 g/mol. The van der Waals surface area contributed by atoms with E-state index in [1.807, 2.05) is 25.1 Å². The molecule has 1 fully saturated rings. The van der Waals surface area contributed by atoms with Gasteiger partial charge in [0.2, 0.25) is 5.91 Å². The minimum Gasteiger partial charge on any atom is -0.478 e. The summed E-state index contributed by atoms with van der Waals surface area (Å²) >= 11 is 0. The number of carboxylic acids is 1. The molecule has 1 heterocycles. The number of rotatable bonds is 13. The smallest absolute Gasteiger partial charge is 0.336 e. The van der Waals surface area contributed by atoms with Crippen molar-refractivity contribution in [1.82, 2.24) is 9.55 Å². The van der Waals surface area contributed by atoms with Crippen molar-refractivity contribution in [2.75, 3.05) is 11.4 Å². The Hall–Kier alpha value is -3.93. The number of imidazole rings is 1. The van der Waals surface area contributed by atoms with Gasteiger partial charge in [-0.25, -0.2) is 9.78 Å². The molecule has 0 saturated heterocycles. The second-order valence-corrected chi connectivity index (χ2v) is 12.4. The van der Waals surface area contributed by atoms with Gasteiger partial charge in [0, 0.05) is 30.3 Å². The lowest BCUT2D eigenvalue weighted by Gasteiger charge is -2.29. The van der Waals surface area contributed by atoms with E-state index in [1.165, 1.54) is 19.3 Å². The Labute approximate surface area is 262 Å². The summed E-state index contributed by atoms with van der Waals surface area (Å²) < 4.78 is 2.24. The molecule has 0 radical (unpaired) electrons. The number of aromatic carboxylic acids is 1. The lowest BCUT2D eigenvalue weighted by molar-refractivity contribution is -0.123. The van der Waals surface area contributed by atoms with E-state index in [4.69, 9.17) is 4.98 Å². The van der Waals surface area contributed by atoms with E-state index >= 15 is 0 Å². The van der Waals surface area contributed by atoms with Gasteiger partial charge in [-0.05, 0) is 85.7 Å². The summed E-state index contributed by atoms with van der Waals surface area (Å²) in [5, 5.41) is 9.79. The largest absolute Gasteiger partial charge is 0.478 e. The highest BCUT2D eigenvalue weighted by molar-refractivity contribution is 5.98. The molecule has 0 atom stereocenters. The van der Waals surface area contributed by atoms with Crippen molar-refractivity contribution in [2.45, 2.75) is 97.8 Å². The van der Waals surface area contributed by atoms with Crippen molar-refractivity contribution in [3.05, 3.63) is 77.6 Å². The monoisotopic (exact) mass is 593 g/mol. The van der Waals surface area contributed by atoms with Crippen molar-refractivity contribution in [2.24, 2.45) is 5.92 Å². The van der Waals surface area contributed by atoms with Crippen molar-refractivity contribution < 1.29 is 14.7 Å². The van der Waals surface area contributed by atoms with Crippen LogP contribution in [0, 0.1) is 12.8 Å². The first-order valence-electron chi connectivity index (χ1n) is 16.7. The highest BCUT2D eigenvalue weighted by atomic mass is 16.4. The van der Waals surface area contributed by atoms with E-state index in [9.17, 15) is 14.7 Å². The standard InChI is InChI=1S/C38H47N3O3/c1-4-6-8-14-24-40(37(42)28-15-10-9-11-16-28)29-21-23-34-35(26-29)41(36(39-34)19-7-5-2)30-20-22-31(27(3)25-30)32-17-12-13-18-33(32)38(43)44/h12-13,17-18,20-23,25-26,28H,4-11,14-16,19,24H2,1-3H3,(H,43,44). The van der Waals surface area contributed by atoms with Gasteiger partial charge in [0.25, 0.3) is 0 Å². The van der Waals surface area contributed by atoms with Crippen LogP contribution in [0.3, 0.4) is 0 Å². The van der Waals surface area contributed by atoms with Crippen LogP contribution >= 0.6 is 0 Å². The molecular formula is C38H47N3O3. The summed E-state index contributed by atoms with van der Waals surface area (Å²) in [5.41, 5.74) is 6.80. The normalized spacial score (nSPS) is 13.8. The zero-order chi connectivity index (χ0) is 31.1. The van der Waals surface area contributed by atoms with Crippen molar-refractivity contribution in [1.29, 1.82) is 0 Å². The van der Waals surface area contributed by atoms with Crippen molar-refractivity contribution in [3.8, 4) is 16.8 Å².